The zero-order valence-corrected chi connectivity index (χ0v) is 13.5. The van der Waals surface area contributed by atoms with Gasteiger partial charge in [-0.1, -0.05) is 13.8 Å². The molecule has 3 aliphatic rings. The fourth-order valence-corrected chi connectivity index (χ4v) is 4.20. The molecule has 2 saturated heterocycles. The zero-order chi connectivity index (χ0) is 14.2. The van der Waals surface area contributed by atoms with Gasteiger partial charge in [0.1, 0.15) is 0 Å². The van der Waals surface area contributed by atoms with Crippen molar-refractivity contribution >= 4 is 0 Å². The highest BCUT2D eigenvalue weighted by Gasteiger charge is 2.46. The molecule has 3 unspecified atom stereocenters. The Morgan fingerprint density at radius 2 is 2.10 bits per heavy atom. The second-order valence-corrected chi connectivity index (χ2v) is 7.90. The Kier molecular flexibility index (Phi) is 4.40. The van der Waals surface area contributed by atoms with Crippen LogP contribution in [0.2, 0.25) is 0 Å². The minimum Gasteiger partial charge on any atom is -0.381 e. The maximum Gasteiger partial charge on any atom is 0.0506 e. The lowest BCUT2D eigenvalue weighted by Crippen LogP contribution is -2.65. The molecule has 3 rings (SSSR count). The highest BCUT2D eigenvalue weighted by Crippen LogP contribution is 2.42. The number of nitrogens with one attached hydrogen (secondary N) is 1. The Balaban J connectivity index is 1.65. The van der Waals surface area contributed by atoms with Crippen LogP contribution in [0.1, 0.15) is 46.5 Å². The molecular weight excluding hydrogens is 248 g/mol. The van der Waals surface area contributed by atoms with E-state index < -0.39 is 0 Å². The molecule has 2 heterocycles. The van der Waals surface area contributed by atoms with Crippen molar-refractivity contribution in [1.82, 2.24) is 10.2 Å². The van der Waals surface area contributed by atoms with Crippen LogP contribution in [-0.2, 0) is 4.74 Å². The second kappa shape index (κ2) is 5.94. The number of hydrogen-bond donors (Lipinski definition) is 1. The fourth-order valence-electron chi connectivity index (χ4n) is 4.20. The van der Waals surface area contributed by atoms with Crippen molar-refractivity contribution in [2.24, 2.45) is 17.8 Å². The molecule has 3 heteroatoms. The molecular formula is C17H32N2O. The molecule has 0 aromatic carbocycles. The Labute approximate surface area is 124 Å². The number of ether oxygens (including phenoxy) is 1. The minimum atomic E-state index is 0.362. The number of hydrogen-bond acceptors (Lipinski definition) is 3. The van der Waals surface area contributed by atoms with Gasteiger partial charge in [-0.15, -0.1) is 0 Å². The summed E-state index contributed by atoms with van der Waals surface area (Å²) < 4.78 is 5.69. The van der Waals surface area contributed by atoms with Gasteiger partial charge < -0.3 is 10.1 Å². The largest absolute Gasteiger partial charge is 0.381 e. The van der Waals surface area contributed by atoms with Crippen molar-refractivity contribution in [2.75, 3.05) is 32.8 Å². The van der Waals surface area contributed by atoms with Gasteiger partial charge in [0.2, 0.25) is 0 Å². The molecule has 0 aromatic rings. The SMILES string of the molecule is CC(C)C1CNC(C)(C2CC2)CN1CC1CCCOC1. The summed E-state index contributed by atoms with van der Waals surface area (Å²) in [6, 6.07) is 0.698. The van der Waals surface area contributed by atoms with E-state index in [9.17, 15) is 0 Å². The molecule has 3 atom stereocenters. The summed E-state index contributed by atoms with van der Waals surface area (Å²) in [7, 11) is 0. The van der Waals surface area contributed by atoms with E-state index in [-0.39, 0.29) is 0 Å². The van der Waals surface area contributed by atoms with Crippen LogP contribution in [-0.4, -0.2) is 49.3 Å². The second-order valence-electron chi connectivity index (χ2n) is 7.90. The summed E-state index contributed by atoms with van der Waals surface area (Å²) in [5.74, 6) is 2.41. The van der Waals surface area contributed by atoms with Gasteiger partial charge in [-0.2, -0.15) is 0 Å². The predicted octanol–water partition coefficient (Wildman–Crippen LogP) is 2.51. The zero-order valence-electron chi connectivity index (χ0n) is 13.5. The third-order valence-electron chi connectivity index (χ3n) is 5.71. The van der Waals surface area contributed by atoms with Gasteiger partial charge in [0.25, 0.3) is 0 Å². The van der Waals surface area contributed by atoms with Gasteiger partial charge in [-0.3, -0.25) is 4.90 Å². The van der Waals surface area contributed by atoms with Crippen molar-refractivity contribution in [3.8, 4) is 0 Å². The molecule has 20 heavy (non-hydrogen) atoms. The van der Waals surface area contributed by atoms with Crippen molar-refractivity contribution in [3.63, 3.8) is 0 Å². The molecule has 0 spiro atoms. The van der Waals surface area contributed by atoms with E-state index in [1.807, 2.05) is 0 Å². The summed E-state index contributed by atoms with van der Waals surface area (Å²) in [5, 5.41) is 3.88. The van der Waals surface area contributed by atoms with Crippen LogP contribution in [0.3, 0.4) is 0 Å². The van der Waals surface area contributed by atoms with Crippen LogP contribution in [0.25, 0.3) is 0 Å². The average molecular weight is 280 g/mol. The van der Waals surface area contributed by atoms with Gasteiger partial charge in [0.05, 0.1) is 6.61 Å². The predicted molar refractivity (Wildman–Crippen MR) is 82.9 cm³/mol. The molecule has 2 aliphatic heterocycles. The fraction of sp³-hybridized carbons (Fsp3) is 1.00. The average Bonchev–Trinajstić information content (AvgIpc) is 3.24. The lowest BCUT2D eigenvalue weighted by atomic mass is 9.87. The standard InChI is InChI=1S/C17H32N2O/c1-13(2)16-9-18-17(3,15-6-7-15)12-19(16)10-14-5-4-8-20-11-14/h13-16,18H,4-12H2,1-3H3. The molecule has 116 valence electrons. The topological polar surface area (TPSA) is 24.5 Å². The van der Waals surface area contributed by atoms with E-state index in [2.05, 4.69) is 31.0 Å². The molecule has 1 aliphatic carbocycles. The van der Waals surface area contributed by atoms with Crippen LogP contribution < -0.4 is 5.32 Å². The smallest absolute Gasteiger partial charge is 0.0506 e. The van der Waals surface area contributed by atoms with Crippen molar-refractivity contribution in [2.45, 2.75) is 58.0 Å². The monoisotopic (exact) mass is 280 g/mol. The molecule has 0 amide bonds. The van der Waals surface area contributed by atoms with Crippen LogP contribution >= 0.6 is 0 Å². The summed E-state index contributed by atoms with van der Waals surface area (Å²) in [6.07, 6.45) is 5.46. The molecule has 0 radical (unpaired) electrons. The first-order chi connectivity index (χ1) is 9.58. The Bertz CT molecular complexity index is 323. The van der Waals surface area contributed by atoms with E-state index >= 15 is 0 Å². The lowest BCUT2D eigenvalue weighted by Gasteiger charge is -2.49. The third kappa shape index (κ3) is 3.20. The van der Waals surface area contributed by atoms with Crippen LogP contribution in [0.5, 0.6) is 0 Å². The Morgan fingerprint density at radius 3 is 2.70 bits per heavy atom. The first-order valence-electron chi connectivity index (χ1n) is 8.65. The molecule has 3 fully saturated rings. The van der Waals surface area contributed by atoms with Crippen molar-refractivity contribution in [3.05, 3.63) is 0 Å². The molecule has 0 bridgehead atoms. The van der Waals surface area contributed by atoms with Gasteiger partial charge in [0.15, 0.2) is 0 Å². The Hall–Kier alpha value is -0.120. The van der Waals surface area contributed by atoms with E-state index in [0.717, 1.165) is 37.5 Å². The van der Waals surface area contributed by atoms with Gasteiger partial charge in [0, 0.05) is 37.8 Å². The Morgan fingerprint density at radius 1 is 1.30 bits per heavy atom. The lowest BCUT2D eigenvalue weighted by molar-refractivity contribution is -0.000992. The van der Waals surface area contributed by atoms with Gasteiger partial charge in [-0.05, 0) is 50.4 Å². The van der Waals surface area contributed by atoms with Crippen LogP contribution in [0.4, 0.5) is 0 Å². The molecule has 3 nitrogen and oxygen atoms in total. The quantitative estimate of drug-likeness (QED) is 0.856. The maximum atomic E-state index is 5.69. The normalized spacial score (nSPS) is 40.2. The number of rotatable bonds is 4. The first-order valence-corrected chi connectivity index (χ1v) is 8.65. The number of nitrogens with zero attached hydrogens (tertiary/aromatic N) is 1. The van der Waals surface area contributed by atoms with E-state index in [1.54, 1.807) is 0 Å². The minimum absolute atomic E-state index is 0.362. The maximum absolute atomic E-state index is 5.69. The highest BCUT2D eigenvalue weighted by molar-refractivity contribution is 5.04. The van der Waals surface area contributed by atoms with Crippen molar-refractivity contribution < 1.29 is 4.74 Å². The molecule has 0 aromatic heterocycles. The van der Waals surface area contributed by atoms with Crippen molar-refractivity contribution in [1.29, 1.82) is 0 Å². The summed E-state index contributed by atoms with van der Waals surface area (Å²) in [4.78, 5) is 2.79. The van der Waals surface area contributed by atoms with E-state index in [1.165, 1.54) is 38.8 Å². The third-order valence-corrected chi connectivity index (χ3v) is 5.71. The van der Waals surface area contributed by atoms with Gasteiger partial charge >= 0.3 is 0 Å². The van der Waals surface area contributed by atoms with Crippen LogP contribution in [0.15, 0.2) is 0 Å². The van der Waals surface area contributed by atoms with Crippen LogP contribution in [0, 0.1) is 17.8 Å². The highest BCUT2D eigenvalue weighted by atomic mass is 16.5. The molecule has 1 N–H and O–H groups in total. The molecule has 1 saturated carbocycles. The summed E-state index contributed by atoms with van der Waals surface area (Å²) in [5.41, 5.74) is 0.362. The number of piperazine rings is 1. The summed E-state index contributed by atoms with van der Waals surface area (Å²) in [6.45, 7) is 12.8. The summed E-state index contributed by atoms with van der Waals surface area (Å²) >= 11 is 0. The van der Waals surface area contributed by atoms with Gasteiger partial charge in [-0.25, -0.2) is 0 Å². The van der Waals surface area contributed by atoms with E-state index in [4.69, 9.17) is 4.74 Å². The first kappa shape index (κ1) is 14.8. The van der Waals surface area contributed by atoms with E-state index in [0.29, 0.717) is 11.6 Å².